The Morgan fingerprint density at radius 2 is 1.48 bits per heavy atom. The van der Waals surface area contributed by atoms with Crippen molar-refractivity contribution in [2.24, 2.45) is 0 Å². The first-order valence-electron chi connectivity index (χ1n) is 10.1. The van der Waals surface area contributed by atoms with E-state index in [0.717, 1.165) is 28.0 Å². The Hall–Kier alpha value is -3.88. The third kappa shape index (κ3) is 3.90. The van der Waals surface area contributed by atoms with Crippen molar-refractivity contribution in [1.29, 1.82) is 0 Å². The number of benzene rings is 3. The van der Waals surface area contributed by atoms with E-state index in [9.17, 15) is 27.2 Å². The number of hydrogen-bond acceptors (Lipinski definition) is 2. The van der Waals surface area contributed by atoms with Crippen LogP contribution < -0.4 is 14.7 Å². The van der Waals surface area contributed by atoms with Crippen molar-refractivity contribution in [3.63, 3.8) is 0 Å². The number of imide groups is 1. The van der Waals surface area contributed by atoms with Gasteiger partial charge in [-0.15, -0.1) is 0 Å². The second-order valence-electron chi connectivity index (χ2n) is 7.45. The Bertz CT molecular complexity index is 1230. The van der Waals surface area contributed by atoms with Gasteiger partial charge in [-0.25, -0.2) is 18.9 Å². The largest absolute Gasteiger partial charge is 0.416 e. The van der Waals surface area contributed by atoms with Crippen LogP contribution in [0, 0.1) is 12.7 Å². The molecule has 0 spiro atoms. The molecule has 3 aromatic rings. The molecule has 0 aromatic heterocycles. The maximum absolute atomic E-state index is 14.3. The first-order chi connectivity index (χ1) is 15.6. The normalized spacial score (nSPS) is 14.4. The van der Waals surface area contributed by atoms with E-state index in [0.29, 0.717) is 5.56 Å². The van der Waals surface area contributed by atoms with Gasteiger partial charge in [0, 0.05) is 6.54 Å². The molecule has 1 aliphatic heterocycles. The van der Waals surface area contributed by atoms with Gasteiger partial charge in [0.1, 0.15) is 5.82 Å². The minimum Gasteiger partial charge on any atom is -0.292 e. The molecule has 1 heterocycles. The van der Waals surface area contributed by atoms with E-state index in [1.807, 2.05) is 0 Å². The van der Waals surface area contributed by atoms with Crippen molar-refractivity contribution in [3.05, 3.63) is 83.7 Å². The highest BCUT2D eigenvalue weighted by Crippen LogP contribution is 2.43. The Morgan fingerprint density at radius 1 is 0.788 bits per heavy atom. The third-order valence-corrected chi connectivity index (χ3v) is 5.38. The minimum absolute atomic E-state index is 0.0312. The number of anilines is 4. The van der Waals surface area contributed by atoms with Crippen LogP contribution in [0.15, 0.2) is 66.7 Å². The smallest absolute Gasteiger partial charge is 0.292 e. The first kappa shape index (κ1) is 22.3. The fourth-order valence-electron chi connectivity index (χ4n) is 3.69. The summed E-state index contributed by atoms with van der Waals surface area (Å²) < 4.78 is 54.9. The highest BCUT2D eigenvalue weighted by Gasteiger charge is 2.41. The molecule has 33 heavy (non-hydrogen) atoms. The van der Waals surface area contributed by atoms with Crippen LogP contribution in [-0.4, -0.2) is 18.6 Å². The monoisotopic (exact) mass is 457 g/mol. The van der Waals surface area contributed by atoms with Crippen molar-refractivity contribution >= 4 is 34.8 Å². The predicted octanol–water partition coefficient (Wildman–Crippen LogP) is 6.88. The van der Waals surface area contributed by atoms with Gasteiger partial charge in [0.05, 0.1) is 28.3 Å². The lowest BCUT2D eigenvalue weighted by Gasteiger charge is -2.27. The molecule has 0 radical (unpaired) electrons. The van der Waals surface area contributed by atoms with Crippen molar-refractivity contribution in [1.82, 2.24) is 0 Å². The van der Waals surface area contributed by atoms with Gasteiger partial charge in [0.2, 0.25) is 0 Å². The number of nitrogens with zero attached hydrogens (tertiary/aromatic N) is 3. The van der Waals surface area contributed by atoms with Crippen LogP contribution in [0.25, 0.3) is 0 Å². The molecule has 0 unspecified atom stereocenters. The van der Waals surface area contributed by atoms with E-state index < -0.39 is 29.6 Å². The second-order valence-corrected chi connectivity index (χ2v) is 7.45. The first-order valence-corrected chi connectivity index (χ1v) is 10.1. The summed E-state index contributed by atoms with van der Waals surface area (Å²) in [7, 11) is 0. The van der Waals surface area contributed by atoms with Crippen molar-refractivity contribution in [2.75, 3.05) is 21.2 Å². The molecule has 5 nitrogen and oxygen atoms in total. The average Bonchev–Trinajstić information content (AvgIpc) is 2.86. The van der Waals surface area contributed by atoms with E-state index in [4.69, 9.17) is 0 Å². The van der Waals surface area contributed by atoms with Crippen LogP contribution in [0.5, 0.6) is 0 Å². The topological polar surface area (TPSA) is 43.9 Å². The van der Waals surface area contributed by atoms with Crippen molar-refractivity contribution < 1.29 is 27.2 Å². The molecule has 3 aromatic carbocycles. The summed E-state index contributed by atoms with van der Waals surface area (Å²) in [6, 6.07) is 13.1. The van der Waals surface area contributed by atoms with Crippen LogP contribution in [0.1, 0.15) is 18.1 Å². The average molecular weight is 457 g/mol. The van der Waals surface area contributed by atoms with Crippen LogP contribution >= 0.6 is 0 Å². The Morgan fingerprint density at radius 3 is 2.09 bits per heavy atom. The molecular formula is C24H19F4N3O2. The number of halogens is 4. The number of fused-ring (bicyclic) bond motifs is 1. The zero-order valence-electron chi connectivity index (χ0n) is 17.7. The second kappa shape index (κ2) is 8.23. The fourth-order valence-corrected chi connectivity index (χ4v) is 3.69. The highest BCUT2D eigenvalue weighted by molar-refractivity contribution is 6.28. The number of urea groups is 2. The maximum atomic E-state index is 14.3. The summed E-state index contributed by atoms with van der Waals surface area (Å²) in [6.07, 6.45) is -4.66. The van der Waals surface area contributed by atoms with Crippen LogP contribution in [0.2, 0.25) is 0 Å². The third-order valence-electron chi connectivity index (χ3n) is 5.38. The van der Waals surface area contributed by atoms with E-state index >= 15 is 0 Å². The quantitative estimate of drug-likeness (QED) is 0.403. The number of alkyl halides is 3. The number of rotatable bonds is 3. The Labute approximate surface area is 187 Å². The summed E-state index contributed by atoms with van der Waals surface area (Å²) in [4.78, 5) is 30.2. The number of carbonyl (C=O) groups excluding carboxylic acids is 2. The van der Waals surface area contributed by atoms with E-state index in [1.54, 1.807) is 37.3 Å². The van der Waals surface area contributed by atoms with Gasteiger partial charge in [0.15, 0.2) is 0 Å². The van der Waals surface area contributed by atoms with E-state index in [2.05, 4.69) is 0 Å². The summed E-state index contributed by atoms with van der Waals surface area (Å²) in [5.41, 5.74) is -0.399. The predicted molar refractivity (Wildman–Crippen MR) is 117 cm³/mol. The Balaban J connectivity index is 2.00. The lowest BCUT2D eigenvalue weighted by atomic mass is 10.1. The van der Waals surface area contributed by atoms with Crippen LogP contribution in [-0.2, 0) is 6.18 Å². The fraction of sp³-hybridized carbons (Fsp3) is 0.167. The number of hydrogen-bond donors (Lipinski definition) is 0. The molecule has 1 aliphatic rings. The molecule has 0 N–H and O–H groups in total. The number of aryl methyl sites for hydroxylation is 1. The molecular weight excluding hydrogens is 438 g/mol. The molecule has 0 atom stereocenters. The lowest BCUT2D eigenvalue weighted by Crippen LogP contribution is -2.48. The lowest BCUT2D eigenvalue weighted by molar-refractivity contribution is -0.137. The molecule has 0 bridgehead atoms. The van der Waals surface area contributed by atoms with Crippen molar-refractivity contribution in [3.8, 4) is 0 Å². The zero-order chi connectivity index (χ0) is 23.9. The number of amides is 4. The molecule has 0 saturated carbocycles. The van der Waals surface area contributed by atoms with Gasteiger partial charge in [-0.2, -0.15) is 13.2 Å². The molecule has 9 heteroatoms. The van der Waals surface area contributed by atoms with Crippen molar-refractivity contribution in [2.45, 2.75) is 20.0 Å². The molecule has 0 aliphatic carbocycles. The minimum atomic E-state index is -4.66. The standard InChI is InChI=1S/C24H19F4N3O2/c1-3-29-20-12-10-16(24(26,27)28)13-21(20)30(17-7-5-4-6-8-17)23(33)31(22(29)32)18-11-9-15(2)19(25)14-18/h4-14H,3H2,1-2H3. The zero-order valence-corrected chi connectivity index (χ0v) is 17.7. The summed E-state index contributed by atoms with van der Waals surface area (Å²) >= 11 is 0. The van der Waals surface area contributed by atoms with Gasteiger partial charge in [-0.05, 0) is 61.9 Å². The van der Waals surface area contributed by atoms with Gasteiger partial charge in [-0.3, -0.25) is 9.80 Å². The van der Waals surface area contributed by atoms with Gasteiger partial charge >= 0.3 is 18.2 Å². The van der Waals surface area contributed by atoms with E-state index in [1.165, 1.54) is 30.0 Å². The van der Waals surface area contributed by atoms with Gasteiger partial charge in [0.25, 0.3) is 0 Å². The molecule has 170 valence electrons. The van der Waals surface area contributed by atoms with Gasteiger partial charge < -0.3 is 0 Å². The SMILES string of the molecule is CCN1C(=O)N(c2ccc(C)c(F)c2)C(=O)N(c2ccccc2)c2cc(C(F)(F)F)ccc21. The van der Waals surface area contributed by atoms with Crippen LogP contribution in [0.3, 0.4) is 0 Å². The molecule has 0 saturated heterocycles. The summed E-state index contributed by atoms with van der Waals surface area (Å²) in [6.45, 7) is 3.24. The Kier molecular flexibility index (Phi) is 5.57. The summed E-state index contributed by atoms with van der Waals surface area (Å²) in [5, 5.41) is 0. The summed E-state index contributed by atoms with van der Waals surface area (Å²) in [5.74, 6) is -0.622. The van der Waals surface area contributed by atoms with E-state index in [-0.39, 0.29) is 29.3 Å². The van der Waals surface area contributed by atoms with Gasteiger partial charge in [-0.1, -0.05) is 24.3 Å². The molecule has 4 rings (SSSR count). The van der Waals surface area contributed by atoms with Crippen LogP contribution in [0.4, 0.5) is 49.9 Å². The highest BCUT2D eigenvalue weighted by atomic mass is 19.4. The maximum Gasteiger partial charge on any atom is 0.416 e. The molecule has 0 fully saturated rings. The molecule has 4 amide bonds. The number of carbonyl (C=O) groups is 2. The number of para-hydroxylation sites is 1.